The van der Waals surface area contributed by atoms with E-state index in [4.69, 9.17) is 11.1 Å². The number of unbranched alkanes of at least 4 members (excludes halogenated alkanes) is 2. The molecule has 0 saturated heterocycles. The standard InChI is InChI=1S/C29H40N6O/c1-3-5-13-23(26-19-7-9-21-28(26)32-34-30)15-11-17-25(36)18-12-16-24(14-6-4-2)27-20-8-10-22-29(27)33-35-31/h7-10,19-24H,3-6,11-18H2,1-2H3. The summed E-state index contributed by atoms with van der Waals surface area (Å²) in [5.74, 6) is 0.912. The van der Waals surface area contributed by atoms with Crippen LogP contribution < -0.4 is 0 Å². The number of carbonyl (C=O) groups is 1. The Bertz CT molecular complexity index is 958. The van der Waals surface area contributed by atoms with Crippen molar-refractivity contribution in [2.45, 2.75) is 103 Å². The molecule has 0 N–H and O–H groups in total. The minimum Gasteiger partial charge on any atom is -0.300 e. The summed E-state index contributed by atoms with van der Waals surface area (Å²) in [5.41, 5.74) is 21.4. The molecule has 2 atom stereocenters. The first kappa shape index (κ1) is 29.0. The number of azide groups is 2. The van der Waals surface area contributed by atoms with Crippen molar-refractivity contribution < 1.29 is 4.79 Å². The van der Waals surface area contributed by atoms with Crippen LogP contribution in [0.4, 0.5) is 11.4 Å². The summed E-state index contributed by atoms with van der Waals surface area (Å²) >= 11 is 0. The lowest BCUT2D eigenvalue weighted by molar-refractivity contribution is -0.119. The predicted molar refractivity (Wildman–Crippen MR) is 148 cm³/mol. The van der Waals surface area contributed by atoms with Crippen molar-refractivity contribution in [3.8, 4) is 0 Å². The first-order chi connectivity index (χ1) is 17.6. The molecule has 0 radical (unpaired) electrons. The van der Waals surface area contributed by atoms with E-state index in [9.17, 15) is 4.79 Å². The Morgan fingerprint density at radius 2 is 1.08 bits per heavy atom. The molecule has 0 bridgehead atoms. The van der Waals surface area contributed by atoms with Crippen LogP contribution in [0.15, 0.2) is 58.8 Å². The smallest absolute Gasteiger partial charge is 0.132 e. The molecule has 0 saturated carbocycles. The second kappa shape index (κ2) is 17.2. The molecule has 0 spiro atoms. The van der Waals surface area contributed by atoms with Crippen LogP contribution in [0.1, 0.15) is 114 Å². The monoisotopic (exact) mass is 488 g/mol. The normalized spacial score (nSPS) is 12.3. The molecule has 0 aliphatic rings. The van der Waals surface area contributed by atoms with Crippen LogP contribution in [0.25, 0.3) is 20.9 Å². The molecule has 192 valence electrons. The van der Waals surface area contributed by atoms with Gasteiger partial charge in [-0.05, 0) is 72.5 Å². The van der Waals surface area contributed by atoms with Crippen molar-refractivity contribution in [3.05, 3.63) is 80.5 Å². The number of hydrogen-bond donors (Lipinski definition) is 0. The van der Waals surface area contributed by atoms with Gasteiger partial charge in [-0.15, -0.1) is 0 Å². The summed E-state index contributed by atoms with van der Waals surface area (Å²) in [7, 11) is 0. The van der Waals surface area contributed by atoms with E-state index in [2.05, 4.69) is 46.0 Å². The first-order valence-electron chi connectivity index (χ1n) is 13.4. The maximum atomic E-state index is 12.7. The van der Waals surface area contributed by atoms with Gasteiger partial charge in [0.05, 0.1) is 0 Å². The van der Waals surface area contributed by atoms with Gasteiger partial charge < -0.3 is 0 Å². The van der Waals surface area contributed by atoms with E-state index in [0.717, 1.165) is 75.3 Å². The average molecular weight is 489 g/mol. The molecule has 0 heterocycles. The van der Waals surface area contributed by atoms with Crippen molar-refractivity contribution in [1.29, 1.82) is 0 Å². The zero-order valence-corrected chi connectivity index (χ0v) is 21.9. The molecule has 2 rings (SSSR count). The van der Waals surface area contributed by atoms with Gasteiger partial charge in [0.1, 0.15) is 5.78 Å². The van der Waals surface area contributed by atoms with Crippen molar-refractivity contribution >= 4 is 17.2 Å². The lowest BCUT2D eigenvalue weighted by atomic mass is 9.86. The second-order valence-corrected chi connectivity index (χ2v) is 9.50. The number of nitrogens with zero attached hydrogens (tertiary/aromatic N) is 6. The molecule has 7 heteroatoms. The third-order valence-corrected chi connectivity index (χ3v) is 6.89. The van der Waals surface area contributed by atoms with Crippen LogP contribution >= 0.6 is 0 Å². The topological polar surface area (TPSA) is 115 Å². The van der Waals surface area contributed by atoms with Crippen LogP contribution in [0, 0.1) is 0 Å². The summed E-state index contributed by atoms with van der Waals surface area (Å²) in [6, 6.07) is 15.6. The van der Waals surface area contributed by atoms with Crippen molar-refractivity contribution in [2.75, 3.05) is 0 Å². The van der Waals surface area contributed by atoms with Gasteiger partial charge in [0, 0.05) is 34.0 Å². The lowest BCUT2D eigenvalue weighted by Crippen LogP contribution is -2.05. The SMILES string of the molecule is CCCCC(CCCC(=O)CCCC(CCCC)c1ccccc1N=[N+]=[N-])c1ccccc1N=[N+]=[N-]. The Labute approximate surface area is 215 Å². The number of carbonyl (C=O) groups excluding carboxylic acids is 1. The maximum Gasteiger partial charge on any atom is 0.132 e. The van der Waals surface area contributed by atoms with Crippen molar-refractivity contribution in [3.63, 3.8) is 0 Å². The molecule has 0 aliphatic carbocycles. The molecule has 0 amide bonds. The molecule has 0 fully saturated rings. The Kier molecular flexibility index (Phi) is 13.8. The van der Waals surface area contributed by atoms with Crippen LogP contribution in [0.5, 0.6) is 0 Å². The summed E-state index contributed by atoms with van der Waals surface area (Å²) in [5, 5.41) is 7.77. The molecule has 2 unspecified atom stereocenters. The molecule has 0 aliphatic heterocycles. The number of benzene rings is 2. The van der Waals surface area contributed by atoms with Gasteiger partial charge >= 0.3 is 0 Å². The highest BCUT2D eigenvalue weighted by molar-refractivity contribution is 5.78. The number of hydrogen-bond acceptors (Lipinski definition) is 3. The van der Waals surface area contributed by atoms with Crippen LogP contribution in [-0.4, -0.2) is 5.78 Å². The highest BCUT2D eigenvalue weighted by atomic mass is 16.1. The van der Waals surface area contributed by atoms with E-state index in [1.807, 2.05) is 36.4 Å². The van der Waals surface area contributed by atoms with Crippen LogP contribution in [-0.2, 0) is 4.79 Å². The fourth-order valence-corrected chi connectivity index (χ4v) is 4.97. The zero-order valence-electron chi connectivity index (χ0n) is 21.9. The number of rotatable bonds is 18. The molecule has 0 aromatic heterocycles. The molecule has 2 aromatic rings. The van der Waals surface area contributed by atoms with Gasteiger partial charge in [-0.2, -0.15) is 0 Å². The van der Waals surface area contributed by atoms with E-state index in [0.29, 0.717) is 41.8 Å². The van der Waals surface area contributed by atoms with E-state index in [1.165, 1.54) is 0 Å². The van der Waals surface area contributed by atoms with Gasteiger partial charge in [-0.1, -0.05) is 98.3 Å². The Morgan fingerprint density at radius 1 is 0.694 bits per heavy atom. The molecule has 2 aromatic carbocycles. The maximum absolute atomic E-state index is 12.7. The average Bonchev–Trinajstić information content (AvgIpc) is 2.89. The summed E-state index contributed by atoms with van der Waals surface area (Å²) < 4.78 is 0. The number of Topliss-reactive ketones (excluding diaryl/α,β-unsaturated/α-hetero) is 1. The fourth-order valence-electron chi connectivity index (χ4n) is 4.97. The lowest BCUT2D eigenvalue weighted by Gasteiger charge is -2.20. The summed E-state index contributed by atoms with van der Waals surface area (Å²) in [6.07, 6.45) is 11.2. The third kappa shape index (κ3) is 9.77. The Balaban J connectivity index is 1.91. The van der Waals surface area contributed by atoms with Crippen molar-refractivity contribution in [2.24, 2.45) is 10.2 Å². The molecular formula is C29H40N6O. The highest BCUT2D eigenvalue weighted by Gasteiger charge is 2.17. The second-order valence-electron chi connectivity index (χ2n) is 9.50. The zero-order chi connectivity index (χ0) is 26.0. The first-order valence-corrected chi connectivity index (χ1v) is 13.4. The Morgan fingerprint density at radius 3 is 1.47 bits per heavy atom. The van der Waals surface area contributed by atoms with Gasteiger partial charge in [-0.25, -0.2) is 0 Å². The summed E-state index contributed by atoms with van der Waals surface area (Å²) in [6.45, 7) is 4.36. The third-order valence-electron chi connectivity index (χ3n) is 6.89. The quantitative estimate of drug-likeness (QED) is 0.116. The predicted octanol–water partition coefficient (Wildman–Crippen LogP) is 10.7. The molecule has 36 heavy (non-hydrogen) atoms. The van der Waals surface area contributed by atoms with Gasteiger partial charge in [0.15, 0.2) is 0 Å². The fraction of sp³-hybridized carbons (Fsp3) is 0.552. The molecule has 7 nitrogen and oxygen atoms in total. The van der Waals surface area contributed by atoms with Gasteiger partial charge in [-0.3, -0.25) is 4.79 Å². The Hall–Kier alpha value is -3.27. The minimum absolute atomic E-state index is 0.301. The van der Waals surface area contributed by atoms with Gasteiger partial charge in [0.2, 0.25) is 0 Å². The van der Waals surface area contributed by atoms with Crippen LogP contribution in [0.3, 0.4) is 0 Å². The van der Waals surface area contributed by atoms with Gasteiger partial charge in [0.25, 0.3) is 0 Å². The van der Waals surface area contributed by atoms with E-state index in [1.54, 1.807) is 0 Å². The van der Waals surface area contributed by atoms with E-state index >= 15 is 0 Å². The summed E-state index contributed by atoms with van der Waals surface area (Å²) in [4.78, 5) is 18.7. The minimum atomic E-state index is 0.301. The van der Waals surface area contributed by atoms with Crippen LogP contribution in [0.2, 0.25) is 0 Å². The van der Waals surface area contributed by atoms with E-state index in [-0.39, 0.29) is 0 Å². The van der Waals surface area contributed by atoms with E-state index < -0.39 is 0 Å². The highest BCUT2D eigenvalue weighted by Crippen LogP contribution is 2.36. The molecular weight excluding hydrogens is 448 g/mol. The largest absolute Gasteiger partial charge is 0.300 e. The van der Waals surface area contributed by atoms with Crippen molar-refractivity contribution in [1.82, 2.24) is 0 Å². The number of ketones is 1.